The van der Waals surface area contributed by atoms with Gasteiger partial charge in [0.05, 0.1) is 11.5 Å². The van der Waals surface area contributed by atoms with Crippen molar-refractivity contribution in [3.63, 3.8) is 0 Å². The SMILES string of the molecule is [B]C1([B])OC(N)=N[C@@]12c1cc(Br)ccc1CC21CCC(OC)CC1. The Kier molecular flexibility index (Phi) is 3.63. The van der Waals surface area contributed by atoms with Crippen LogP contribution in [0.4, 0.5) is 0 Å². The van der Waals surface area contributed by atoms with Crippen LogP contribution in [0.25, 0.3) is 0 Å². The first-order chi connectivity index (χ1) is 11.3. The van der Waals surface area contributed by atoms with Crippen molar-refractivity contribution in [1.82, 2.24) is 0 Å². The van der Waals surface area contributed by atoms with Crippen LogP contribution < -0.4 is 5.73 Å². The van der Waals surface area contributed by atoms with E-state index >= 15 is 0 Å². The second-order valence-corrected chi connectivity index (χ2v) is 8.16. The minimum Gasteiger partial charge on any atom is -0.476 e. The maximum atomic E-state index is 6.46. The Labute approximate surface area is 153 Å². The molecule has 7 heteroatoms. The van der Waals surface area contributed by atoms with Crippen molar-refractivity contribution >= 4 is 37.6 Å². The summed E-state index contributed by atoms with van der Waals surface area (Å²) in [6.45, 7) is 0. The Morgan fingerprint density at radius 3 is 2.62 bits per heavy atom. The maximum absolute atomic E-state index is 6.46. The summed E-state index contributed by atoms with van der Waals surface area (Å²) in [5.41, 5.74) is 7.12. The normalized spacial score (nSPS) is 36.6. The number of nitrogens with two attached hydrogens (primary N) is 1. The Balaban J connectivity index is 1.90. The van der Waals surface area contributed by atoms with Gasteiger partial charge in [-0.25, -0.2) is 4.99 Å². The number of methoxy groups -OCH3 is 1. The number of amidine groups is 1. The van der Waals surface area contributed by atoms with Gasteiger partial charge in [0.2, 0.25) is 0 Å². The predicted molar refractivity (Wildman–Crippen MR) is 98.2 cm³/mol. The van der Waals surface area contributed by atoms with E-state index in [4.69, 9.17) is 35.9 Å². The van der Waals surface area contributed by atoms with E-state index in [-0.39, 0.29) is 17.5 Å². The molecule has 122 valence electrons. The van der Waals surface area contributed by atoms with Crippen LogP contribution in [0.3, 0.4) is 0 Å². The summed E-state index contributed by atoms with van der Waals surface area (Å²) in [4.78, 5) is 4.74. The molecule has 0 aromatic heterocycles. The summed E-state index contributed by atoms with van der Waals surface area (Å²) >= 11 is 3.56. The number of hydrogen-bond acceptors (Lipinski definition) is 4. The Hall–Kier alpha value is -0.940. The summed E-state index contributed by atoms with van der Waals surface area (Å²) in [6.07, 6.45) is 4.92. The quantitative estimate of drug-likeness (QED) is 0.754. The molecule has 1 saturated carbocycles. The number of rotatable bonds is 1. The van der Waals surface area contributed by atoms with Crippen LogP contribution in [0.5, 0.6) is 0 Å². The van der Waals surface area contributed by atoms with Gasteiger partial charge in [0.15, 0.2) is 0 Å². The van der Waals surface area contributed by atoms with Crippen LogP contribution in [-0.2, 0) is 21.4 Å². The third-order valence-electron chi connectivity index (χ3n) is 6.10. The third-order valence-corrected chi connectivity index (χ3v) is 6.59. The van der Waals surface area contributed by atoms with Crippen LogP contribution in [0.1, 0.15) is 36.8 Å². The van der Waals surface area contributed by atoms with Gasteiger partial charge in [-0.2, -0.15) is 0 Å². The van der Waals surface area contributed by atoms with Gasteiger partial charge in [0, 0.05) is 17.0 Å². The van der Waals surface area contributed by atoms with E-state index in [1.165, 1.54) is 5.56 Å². The zero-order valence-electron chi connectivity index (χ0n) is 13.7. The summed E-state index contributed by atoms with van der Waals surface area (Å²) < 4.78 is 12.1. The number of fused-ring (bicyclic) bond motifs is 3. The van der Waals surface area contributed by atoms with Crippen LogP contribution >= 0.6 is 15.9 Å². The molecule has 0 saturated heterocycles. The van der Waals surface area contributed by atoms with Crippen molar-refractivity contribution in [2.75, 3.05) is 7.11 Å². The number of hydrogen-bond donors (Lipinski definition) is 1. The number of aliphatic imine (C=N–C) groups is 1. The molecular weight excluding hydrogens is 366 g/mol. The van der Waals surface area contributed by atoms with Crippen LogP contribution in [0, 0.1) is 5.41 Å². The van der Waals surface area contributed by atoms with E-state index in [1.54, 1.807) is 7.11 Å². The Morgan fingerprint density at radius 2 is 2.04 bits per heavy atom. The molecule has 0 unspecified atom stereocenters. The molecule has 0 bridgehead atoms. The number of halogens is 1. The monoisotopic (exact) mass is 384 g/mol. The lowest BCUT2D eigenvalue weighted by molar-refractivity contribution is -0.0256. The molecule has 1 heterocycles. The summed E-state index contributed by atoms with van der Waals surface area (Å²) in [7, 11) is 14.7. The number of nitrogens with zero attached hydrogens (tertiary/aromatic N) is 1. The highest BCUT2D eigenvalue weighted by atomic mass is 79.9. The van der Waals surface area contributed by atoms with E-state index in [0.29, 0.717) is 0 Å². The van der Waals surface area contributed by atoms with Crippen molar-refractivity contribution in [3.05, 3.63) is 33.8 Å². The highest BCUT2D eigenvalue weighted by Gasteiger charge is 2.67. The van der Waals surface area contributed by atoms with E-state index in [0.717, 1.165) is 42.1 Å². The van der Waals surface area contributed by atoms with Crippen LogP contribution in [0.2, 0.25) is 0 Å². The molecular formula is C17H19B2BrN2O2. The molecule has 4 radical (unpaired) electrons. The molecule has 1 aliphatic heterocycles. The summed E-state index contributed by atoms with van der Waals surface area (Å²) in [5.74, 6) is 0. The Morgan fingerprint density at radius 1 is 1.33 bits per heavy atom. The fourth-order valence-electron chi connectivity index (χ4n) is 5.06. The molecule has 3 aliphatic rings. The molecule has 1 atom stereocenters. The molecule has 2 spiro atoms. The zero-order valence-corrected chi connectivity index (χ0v) is 15.3. The van der Waals surface area contributed by atoms with Crippen molar-refractivity contribution in [3.8, 4) is 0 Å². The van der Waals surface area contributed by atoms with Gasteiger partial charge in [-0.1, -0.05) is 22.0 Å². The minimum absolute atomic E-state index is 0.0704. The third kappa shape index (κ3) is 2.00. The molecule has 1 aromatic carbocycles. The Bertz CT molecular complexity index is 717. The second kappa shape index (κ2) is 5.28. The van der Waals surface area contributed by atoms with Crippen molar-refractivity contribution < 1.29 is 9.47 Å². The molecule has 4 nitrogen and oxygen atoms in total. The number of benzene rings is 1. The van der Waals surface area contributed by atoms with Crippen molar-refractivity contribution in [1.29, 1.82) is 0 Å². The molecule has 24 heavy (non-hydrogen) atoms. The minimum atomic E-state index is -1.46. The largest absolute Gasteiger partial charge is 0.476 e. The van der Waals surface area contributed by atoms with Gasteiger partial charge < -0.3 is 15.2 Å². The van der Waals surface area contributed by atoms with Crippen molar-refractivity contribution in [2.45, 2.75) is 49.1 Å². The van der Waals surface area contributed by atoms with Crippen LogP contribution in [0.15, 0.2) is 27.7 Å². The summed E-state index contributed by atoms with van der Waals surface area (Å²) in [6, 6.07) is 6.30. The van der Waals surface area contributed by atoms with E-state index < -0.39 is 10.9 Å². The first-order valence-electron chi connectivity index (χ1n) is 8.27. The van der Waals surface area contributed by atoms with Crippen LogP contribution in [-0.4, -0.2) is 40.3 Å². The molecule has 4 rings (SSSR count). The average Bonchev–Trinajstić information content (AvgIpc) is 2.93. The van der Waals surface area contributed by atoms with Gasteiger partial charge in [0.25, 0.3) is 6.02 Å². The van der Waals surface area contributed by atoms with E-state index in [2.05, 4.69) is 28.1 Å². The molecule has 0 amide bonds. The highest BCUT2D eigenvalue weighted by molar-refractivity contribution is 9.10. The fourth-order valence-corrected chi connectivity index (χ4v) is 5.42. The molecule has 2 aliphatic carbocycles. The van der Waals surface area contributed by atoms with Gasteiger partial charge in [-0.05, 0) is 55.4 Å². The van der Waals surface area contributed by atoms with Gasteiger partial charge in [-0.3, -0.25) is 0 Å². The first kappa shape index (κ1) is 16.5. The molecule has 1 aromatic rings. The topological polar surface area (TPSA) is 56.8 Å². The maximum Gasteiger partial charge on any atom is 0.281 e. The fraction of sp³-hybridized carbons (Fsp3) is 0.588. The predicted octanol–water partition coefficient (Wildman–Crippen LogP) is 2.11. The summed E-state index contributed by atoms with van der Waals surface area (Å²) in [5, 5.41) is -1.46. The standard InChI is InChI=1S/C17H19B2BrN2O2/c1-23-12-4-6-15(7-5-12)9-10-2-3-11(20)8-13(10)16(15)17(18,19)24-14(21)22-16/h2-3,8,12H,4-7,9H2,1H3,(H2,21,22)/t12?,15?,16-/m1/s1. The van der Waals surface area contributed by atoms with Gasteiger partial charge in [0.1, 0.15) is 21.2 Å². The molecule has 2 N–H and O–H groups in total. The van der Waals surface area contributed by atoms with E-state index in [1.807, 2.05) is 6.07 Å². The first-order valence-corrected chi connectivity index (χ1v) is 9.07. The highest BCUT2D eigenvalue weighted by Crippen LogP contribution is 2.65. The molecule has 1 fully saturated rings. The average molecular weight is 385 g/mol. The smallest absolute Gasteiger partial charge is 0.281 e. The van der Waals surface area contributed by atoms with Crippen molar-refractivity contribution in [2.24, 2.45) is 16.1 Å². The van der Waals surface area contributed by atoms with Gasteiger partial charge in [-0.15, -0.1) is 0 Å². The zero-order chi connectivity index (χ0) is 17.2. The lowest BCUT2D eigenvalue weighted by Crippen LogP contribution is -2.59. The van der Waals surface area contributed by atoms with Gasteiger partial charge >= 0.3 is 0 Å². The lowest BCUT2D eigenvalue weighted by atomic mass is 9.45. The van der Waals surface area contributed by atoms with E-state index in [9.17, 15) is 0 Å². The second-order valence-electron chi connectivity index (χ2n) is 7.25. The lowest BCUT2D eigenvalue weighted by Gasteiger charge is -2.51. The number of ether oxygens (including phenoxy) is 2.